The highest BCUT2D eigenvalue weighted by molar-refractivity contribution is 5.87. The van der Waals surface area contributed by atoms with E-state index in [1.54, 1.807) is 18.7 Å². The van der Waals surface area contributed by atoms with Gasteiger partial charge in [0.15, 0.2) is 5.78 Å². The van der Waals surface area contributed by atoms with Crippen molar-refractivity contribution in [2.45, 2.75) is 53.5 Å². The summed E-state index contributed by atoms with van der Waals surface area (Å²) >= 11 is 0. The van der Waals surface area contributed by atoms with Crippen LogP contribution in [0.25, 0.3) is 0 Å². The average molecular weight is 225 g/mol. The molecule has 1 fully saturated rings. The van der Waals surface area contributed by atoms with Crippen LogP contribution in [0, 0.1) is 11.3 Å². The predicted octanol–water partition coefficient (Wildman–Crippen LogP) is 2.25. The average Bonchev–Trinajstić information content (AvgIpc) is 2.44. The quantitative estimate of drug-likeness (QED) is 0.723. The molecule has 2 atom stereocenters. The van der Waals surface area contributed by atoms with Gasteiger partial charge in [0.1, 0.15) is 0 Å². The number of carbonyl (C=O) groups excluding carboxylic acids is 2. The minimum absolute atomic E-state index is 0.0246. The summed E-state index contributed by atoms with van der Waals surface area (Å²) in [4.78, 5) is 24.7. The molecule has 0 aromatic rings. The van der Waals surface area contributed by atoms with Crippen LogP contribution in [0.15, 0.2) is 0 Å². The SMILES string of the molecule is CC(=O)[C@@H]1C[C@@H](CC(C)(C)C)CN1C(C)=O. The summed E-state index contributed by atoms with van der Waals surface area (Å²) in [6.45, 7) is 10.5. The molecule has 0 radical (unpaired) electrons. The Bertz CT molecular complexity index is 269. The first-order valence-corrected chi connectivity index (χ1v) is 5.98. The molecule has 0 spiro atoms. The van der Waals surface area contributed by atoms with Crippen LogP contribution in [0.1, 0.15) is 47.5 Å². The molecule has 0 bridgehead atoms. The molecule has 0 aromatic heterocycles. The molecule has 1 saturated heterocycles. The van der Waals surface area contributed by atoms with Crippen LogP contribution >= 0.6 is 0 Å². The molecule has 1 amide bonds. The van der Waals surface area contributed by atoms with E-state index in [0.29, 0.717) is 5.92 Å². The molecule has 1 rings (SSSR count). The van der Waals surface area contributed by atoms with Crippen molar-refractivity contribution in [3.8, 4) is 0 Å². The number of nitrogens with zero attached hydrogens (tertiary/aromatic N) is 1. The molecule has 0 N–H and O–H groups in total. The highest BCUT2D eigenvalue weighted by Gasteiger charge is 2.37. The number of likely N-dealkylation sites (tertiary alicyclic amines) is 1. The lowest BCUT2D eigenvalue weighted by Crippen LogP contribution is -2.38. The molecular formula is C13H23NO2. The smallest absolute Gasteiger partial charge is 0.220 e. The summed E-state index contributed by atoms with van der Waals surface area (Å²) < 4.78 is 0. The van der Waals surface area contributed by atoms with E-state index in [4.69, 9.17) is 0 Å². The summed E-state index contributed by atoms with van der Waals surface area (Å²) in [5, 5.41) is 0. The Hall–Kier alpha value is -0.860. The number of ketones is 1. The third-order valence-electron chi connectivity index (χ3n) is 3.16. The molecule has 16 heavy (non-hydrogen) atoms. The van der Waals surface area contributed by atoms with Gasteiger partial charge in [0.25, 0.3) is 0 Å². The van der Waals surface area contributed by atoms with Gasteiger partial charge in [-0.05, 0) is 31.1 Å². The van der Waals surface area contributed by atoms with E-state index in [2.05, 4.69) is 20.8 Å². The molecule has 0 aliphatic carbocycles. The Kier molecular flexibility index (Phi) is 3.76. The highest BCUT2D eigenvalue weighted by atomic mass is 16.2. The fraction of sp³-hybridized carbons (Fsp3) is 0.846. The number of carbonyl (C=O) groups is 2. The normalized spacial score (nSPS) is 25.9. The highest BCUT2D eigenvalue weighted by Crippen LogP contribution is 2.33. The zero-order valence-corrected chi connectivity index (χ0v) is 11.0. The Balaban J connectivity index is 2.69. The van der Waals surface area contributed by atoms with Crippen molar-refractivity contribution in [2.75, 3.05) is 6.54 Å². The van der Waals surface area contributed by atoms with Crippen molar-refractivity contribution in [1.29, 1.82) is 0 Å². The lowest BCUT2D eigenvalue weighted by atomic mass is 9.83. The topological polar surface area (TPSA) is 37.4 Å². The fourth-order valence-electron chi connectivity index (χ4n) is 2.67. The van der Waals surface area contributed by atoms with Crippen LogP contribution in [-0.4, -0.2) is 29.2 Å². The molecule has 3 nitrogen and oxygen atoms in total. The largest absolute Gasteiger partial charge is 0.333 e. The van der Waals surface area contributed by atoms with Crippen LogP contribution in [0.3, 0.4) is 0 Å². The number of hydrogen-bond acceptors (Lipinski definition) is 2. The van der Waals surface area contributed by atoms with Crippen molar-refractivity contribution in [1.82, 2.24) is 4.90 Å². The van der Waals surface area contributed by atoms with Gasteiger partial charge in [0.2, 0.25) is 5.91 Å². The lowest BCUT2D eigenvalue weighted by molar-refractivity contribution is -0.135. The maximum Gasteiger partial charge on any atom is 0.220 e. The van der Waals surface area contributed by atoms with E-state index in [0.717, 1.165) is 19.4 Å². The monoisotopic (exact) mass is 225 g/mol. The molecule has 0 saturated carbocycles. The number of Topliss-reactive ketones (excluding diaryl/α,β-unsaturated/α-hetero) is 1. The summed E-state index contributed by atoms with van der Waals surface area (Å²) in [7, 11) is 0. The van der Waals surface area contributed by atoms with E-state index < -0.39 is 0 Å². The van der Waals surface area contributed by atoms with Gasteiger partial charge in [0, 0.05) is 13.5 Å². The molecule has 0 aromatic carbocycles. The zero-order chi connectivity index (χ0) is 12.5. The van der Waals surface area contributed by atoms with Crippen molar-refractivity contribution in [3.63, 3.8) is 0 Å². The van der Waals surface area contributed by atoms with Gasteiger partial charge in [-0.15, -0.1) is 0 Å². The Morgan fingerprint density at radius 2 is 1.81 bits per heavy atom. The van der Waals surface area contributed by atoms with E-state index in [1.165, 1.54) is 0 Å². The van der Waals surface area contributed by atoms with Crippen molar-refractivity contribution in [2.24, 2.45) is 11.3 Å². The van der Waals surface area contributed by atoms with Gasteiger partial charge < -0.3 is 4.90 Å². The number of rotatable bonds is 2. The minimum atomic E-state index is -0.176. The van der Waals surface area contributed by atoms with Crippen LogP contribution in [0.4, 0.5) is 0 Å². The van der Waals surface area contributed by atoms with Crippen LogP contribution < -0.4 is 0 Å². The van der Waals surface area contributed by atoms with Gasteiger partial charge in [-0.1, -0.05) is 20.8 Å². The molecular weight excluding hydrogens is 202 g/mol. The van der Waals surface area contributed by atoms with Crippen LogP contribution in [0.2, 0.25) is 0 Å². The maximum absolute atomic E-state index is 11.5. The second kappa shape index (κ2) is 4.56. The van der Waals surface area contributed by atoms with Crippen LogP contribution in [-0.2, 0) is 9.59 Å². The Morgan fingerprint density at radius 1 is 1.25 bits per heavy atom. The van der Waals surface area contributed by atoms with Gasteiger partial charge >= 0.3 is 0 Å². The Labute approximate surface area is 98.2 Å². The van der Waals surface area contributed by atoms with Crippen molar-refractivity contribution >= 4 is 11.7 Å². The second-order valence-corrected chi connectivity index (χ2v) is 6.16. The first-order valence-electron chi connectivity index (χ1n) is 5.98. The van der Waals surface area contributed by atoms with E-state index in [-0.39, 0.29) is 23.1 Å². The molecule has 1 aliphatic heterocycles. The van der Waals surface area contributed by atoms with Crippen molar-refractivity contribution < 1.29 is 9.59 Å². The molecule has 1 heterocycles. The number of hydrogen-bond donors (Lipinski definition) is 0. The molecule has 3 heteroatoms. The first kappa shape index (κ1) is 13.2. The lowest BCUT2D eigenvalue weighted by Gasteiger charge is -2.23. The van der Waals surface area contributed by atoms with Gasteiger partial charge in [-0.25, -0.2) is 0 Å². The Morgan fingerprint density at radius 3 is 2.12 bits per heavy atom. The van der Waals surface area contributed by atoms with Gasteiger partial charge in [-0.3, -0.25) is 9.59 Å². The third-order valence-corrected chi connectivity index (χ3v) is 3.16. The maximum atomic E-state index is 11.5. The van der Waals surface area contributed by atoms with E-state index >= 15 is 0 Å². The summed E-state index contributed by atoms with van der Waals surface area (Å²) in [5.74, 6) is 0.612. The second-order valence-electron chi connectivity index (χ2n) is 6.16. The summed E-state index contributed by atoms with van der Waals surface area (Å²) in [6.07, 6.45) is 1.91. The standard InChI is InChI=1S/C13H23NO2/c1-9(15)12-6-11(7-13(3,4)5)8-14(12)10(2)16/h11-12H,6-8H2,1-5H3/t11-,12-/m0/s1. The molecule has 1 aliphatic rings. The van der Waals surface area contributed by atoms with Crippen LogP contribution in [0.5, 0.6) is 0 Å². The van der Waals surface area contributed by atoms with E-state index in [9.17, 15) is 9.59 Å². The fourth-order valence-corrected chi connectivity index (χ4v) is 2.67. The van der Waals surface area contributed by atoms with E-state index in [1.807, 2.05) is 0 Å². The summed E-state index contributed by atoms with van der Waals surface area (Å²) in [6, 6.07) is -0.176. The first-order chi connectivity index (χ1) is 7.20. The zero-order valence-electron chi connectivity index (χ0n) is 11.0. The molecule has 0 unspecified atom stereocenters. The summed E-state index contributed by atoms with van der Waals surface area (Å²) in [5.41, 5.74) is 0.263. The molecule has 92 valence electrons. The van der Waals surface area contributed by atoms with Crippen molar-refractivity contribution in [3.05, 3.63) is 0 Å². The van der Waals surface area contributed by atoms with Gasteiger partial charge in [-0.2, -0.15) is 0 Å². The predicted molar refractivity (Wildman–Crippen MR) is 64.0 cm³/mol. The minimum Gasteiger partial charge on any atom is -0.333 e. The number of amides is 1. The van der Waals surface area contributed by atoms with Gasteiger partial charge in [0.05, 0.1) is 6.04 Å². The third kappa shape index (κ3) is 3.32.